The van der Waals surface area contributed by atoms with Crippen molar-refractivity contribution in [3.63, 3.8) is 0 Å². The van der Waals surface area contributed by atoms with Gasteiger partial charge in [0, 0.05) is 5.02 Å². The second-order valence-electron chi connectivity index (χ2n) is 6.22. The predicted molar refractivity (Wildman–Crippen MR) is 116 cm³/mol. The third-order valence-electron chi connectivity index (χ3n) is 4.01. The van der Waals surface area contributed by atoms with E-state index in [2.05, 4.69) is 10.5 Å². The molecule has 0 aliphatic rings. The van der Waals surface area contributed by atoms with Crippen LogP contribution in [0, 0.1) is 0 Å². The van der Waals surface area contributed by atoms with Gasteiger partial charge in [-0.15, -0.1) is 0 Å². The number of carbonyl (C=O) groups is 1. The number of hydrogen-bond donors (Lipinski definition) is 1. The van der Waals surface area contributed by atoms with Crippen molar-refractivity contribution in [1.29, 1.82) is 0 Å². The van der Waals surface area contributed by atoms with Gasteiger partial charge in [-0.2, -0.15) is 5.10 Å². The lowest BCUT2D eigenvalue weighted by atomic mass is 10.2. The summed E-state index contributed by atoms with van der Waals surface area (Å²) >= 11 is 5.97. The summed E-state index contributed by atoms with van der Waals surface area (Å²) in [7, 11) is 1.54. The number of para-hydroxylation sites is 2. The van der Waals surface area contributed by atoms with E-state index in [1.54, 1.807) is 31.5 Å². The largest absolute Gasteiger partial charge is 0.493 e. The molecule has 3 aromatic rings. The summed E-state index contributed by atoms with van der Waals surface area (Å²) in [5.41, 5.74) is 4.23. The number of rotatable bonds is 9. The zero-order valence-corrected chi connectivity index (χ0v) is 17.1. The third kappa shape index (κ3) is 6.53. The number of carbonyl (C=O) groups excluding carboxylic acids is 1. The Morgan fingerprint density at radius 3 is 2.50 bits per heavy atom. The average molecular weight is 425 g/mol. The van der Waals surface area contributed by atoms with Gasteiger partial charge >= 0.3 is 0 Å². The maximum Gasteiger partial charge on any atom is 0.277 e. The molecular formula is C23H21ClN2O4. The van der Waals surface area contributed by atoms with Gasteiger partial charge in [-0.1, -0.05) is 35.9 Å². The van der Waals surface area contributed by atoms with E-state index in [1.807, 2.05) is 54.6 Å². The normalized spacial score (nSPS) is 10.6. The van der Waals surface area contributed by atoms with Crippen LogP contribution in [0.25, 0.3) is 0 Å². The van der Waals surface area contributed by atoms with E-state index < -0.39 is 0 Å². The minimum Gasteiger partial charge on any atom is -0.493 e. The Kier molecular flexibility index (Phi) is 7.69. The summed E-state index contributed by atoms with van der Waals surface area (Å²) in [6.07, 6.45) is 1.54. The Labute approximate surface area is 180 Å². The molecule has 0 heterocycles. The first-order valence-corrected chi connectivity index (χ1v) is 9.57. The smallest absolute Gasteiger partial charge is 0.277 e. The summed E-state index contributed by atoms with van der Waals surface area (Å²) in [5.74, 6) is 1.40. The van der Waals surface area contributed by atoms with Crippen molar-refractivity contribution in [2.75, 3.05) is 13.7 Å². The molecule has 0 aliphatic carbocycles. The highest BCUT2D eigenvalue weighted by molar-refractivity contribution is 6.30. The molecule has 0 saturated carbocycles. The molecule has 6 nitrogen and oxygen atoms in total. The van der Waals surface area contributed by atoms with Crippen molar-refractivity contribution in [3.8, 4) is 17.2 Å². The molecule has 1 amide bonds. The average Bonchev–Trinajstić information content (AvgIpc) is 2.77. The predicted octanol–water partition coefficient (Wildman–Crippen LogP) is 4.46. The Balaban J connectivity index is 1.44. The fourth-order valence-electron chi connectivity index (χ4n) is 2.54. The monoisotopic (exact) mass is 424 g/mol. The van der Waals surface area contributed by atoms with Gasteiger partial charge in [0.2, 0.25) is 0 Å². The lowest BCUT2D eigenvalue weighted by Gasteiger charge is -2.09. The van der Waals surface area contributed by atoms with Crippen LogP contribution >= 0.6 is 11.6 Å². The number of nitrogens with one attached hydrogen (secondary N) is 1. The van der Waals surface area contributed by atoms with Crippen LogP contribution in [0.2, 0.25) is 5.02 Å². The molecule has 7 heteroatoms. The SMILES string of the molecule is COc1ccccc1OCC(=O)N/N=C/c1ccc(OCc2cccc(Cl)c2)cc1. The van der Waals surface area contributed by atoms with Crippen molar-refractivity contribution in [2.24, 2.45) is 5.10 Å². The van der Waals surface area contributed by atoms with Crippen LogP contribution in [-0.4, -0.2) is 25.8 Å². The molecule has 0 atom stereocenters. The van der Waals surface area contributed by atoms with E-state index in [9.17, 15) is 4.79 Å². The topological polar surface area (TPSA) is 69.2 Å². The molecular weight excluding hydrogens is 404 g/mol. The maximum absolute atomic E-state index is 11.9. The van der Waals surface area contributed by atoms with Crippen molar-refractivity contribution in [1.82, 2.24) is 5.43 Å². The van der Waals surface area contributed by atoms with Crippen LogP contribution in [0.3, 0.4) is 0 Å². The number of amides is 1. The van der Waals surface area contributed by atoms with Crippen molar-refractivity contribution in [3.05, 3.63) is 88.9 Å². The number of hydrogen-bond acceptors (Lipinski definition) is 5. The van der Waals surface area contributed by atoms with E-state index in [1.165, 1.54) is 0 Å². The van der Waals surface area contributed by atoms with Gasteiger partial charge < -0.3 is 14.2 Å². The van der Waals surface area contributed by atoms with Crippen LogP contribution in [0.4, 0.5) is 0 Å². The van der Waals surface area contributed by atoms with Gasteiger partial charge in [-0.3, -0.25) is 4.79 Å². The van der Waals surface area contributed by atoms with Gasteiger partial charge in [0.1, 0.15) is 12.4 Å². The Bertz CT molecular complexity index is 1010. The highest BCUT2D eigenvalue weighted by Crippen LogP contribution is 2.25. The minimum absolute atomic E-state index is 0.173. The quantitative estimate of drug-likeness (QED) is 0.407. The van der Waals surface area contributed by atoms with Crippen molar-refractivity contribution in [2.45, 2.75) is 6.61 Å². The summed E-state index contributed by atoms with van der Waals surface area (Å²) in [6.45, 7) is 0.254. The molecule has 0 spiro atoms. The van der Waals surface area contributed by atoms with Gasteiger partial charge in [0.15, 0.2) is 18.1 Å². The number of methoxy groups -OCH3 is 1. The molecule has 30 heavy (non-hydrogen) atoms. The van der Waals surface area contributed by atoms with Crippen LogP contribution in [0.5, 0.6) is 17.2 Å². The number of ether oxygens (including phenoxy) is 3. The molecule has 1 N–H and O–H groups in total. The van der Waals surface area contributed by atoms with E-state index in [-0.39, 0.29) is 12.5 Å². The highest BCUT2D eigenvalue weighted by Gasteiger charge is 2.06. The van der Waals surface area contributed by atoms with Crippen LogP contribution < -0.4 is 19.6 Å². The van der Waals surface area contributed by atoms with Gasteiger partial charge in [-0.05, 0) is 59.7 Å². The molecule has 0 saturated heterocycles. The lowest BCUT2D eigenvalue weighted by molar-refractivity contribution is -0.123. The summed E-state index contributed by atoms with van der Waals surface area (Å²) < 4.78 is 16.4. The van der Waals surface area contributed by atoms with Gasteiger partial charge in [-0.25, -0.2) is 5.43 Å². The number of halogens is 1. The lowest BCUT2D eigenvalue weighted by Crippen LogP contribution is -2.24. The van der Waals surface area contributed by atoms with Gasteiger partial charge in [0.05, 0.1) is 13.3 Å². The molecule has 154 valence electrons. The number of hydrazone groups is 1. The van der Waals surface area contributed by atoms with E-state index in [0.29, 0.717) is 23.1 Å². The Morgan fingerprint density at radius 2 is 1.77 bits per heavy atom. The second kappa shape index (κ2) is 10.9. The molecule has 0 aliphatic heterocycles. The van der Waals surface area contributed by atoms with E-state index >= 15 is 0 Å². The number of nitrogens with zero attached hydrogens (tertiary/aromatic N) is 1. The molecule has 0 bridgehead atoms. The standard InChI is InChI=1S/C23H21ClN2O4/c1-28-21-7-2-3-8-22(21)30-16-23(27)26-25-14-17-9-11-20(12-10-17)29-15-18-5-4-6-19(24)13-18/h2-14H,15-16H2,1H3,(H,26,27)/b25-14+. The van der Waals surface area contributed by atoms with E-state index in [4.69, 9.17) is 25.8 Å². The first-order chi connectivity index (χ1) is 14.6. The molecule has 0 fully saturated rings. The fourth-order valence-corrected chi connectivity index (χ4v) is 2.75. The molecule has 3 rings (SSSR count). The highest BCUT2D eigenvalue weighted by atomic mass is 35.5. The fraction of sp³-hybridized carbons (Fsp3) is 0.130. The Morgan fingerprint density at radius 1 is 1.00 bits per heavy atom. The molecule has 3 aromatic carbocycles. The first kappa shape index (κ1) is 21.2. The second-order valence-corrected chi connectivity index (χ2v) is 6.66. The van der Waals surface area contributed by atoms with Crippen LogP contribution in [0.15, 0.2) is 77.9 Å². The minimum atomic E-state index is -0.376. The van der Waals surface area contributed by atoms with Crippen molar-refractivity contribution < 1.29 is 19.0 Å². The van der Waals surface area contributed by atoms with Crippen LogP contribution in [-0.2, 0) is 11.4 Å². The maximum atomic E-state index is 11.9. The first-order valence-electron chi connectivity index (χ1n) is 9.19. The van der Waals surface area contributed by atoms with Gasteiger partial charge in [0.25, 0.3) is 5.91 Å². The molecule has 0 aromatic heterocycles. The van der Waals surface area contributed by atoms with Crippen LogP contribution in [0.1, 0.15) is 11.1 Å². The molecule has 0 radical (unpaired) electrons. The van der Waals surface area contributed by atoms with E-state index in [0.717, 1.165) is 16.9 Å². The zero-order valence-electron chi connectivity index (χ0n) is 16.4. The Hall–Kier alpha value is -3.51. The summed E-state index contributed by atoms with van der Waals surface area (Å²) in [4.78, 5) is 11.9. The number of benzene rings is 3. The molecule has 0 unspecified atom stereocenters. The summed E-state index contributed by atoms with van der Waals surface area (Å²) in [5, 5.41) is 4.62. The third-order valence-corrected chi connectivity index (χ3v) is 4.24. The van der Waals surface area contributed by atoms with Crippen molar-refractivity contribution >= 4 is 23.7 Å². The summed E-state index contributed by atoms with van der Waals surface area (Å²) in [6, 6.07) is 22.0. The zero-order chi connectivity index (χ0) is 21.2.